The molecule has 1 aromatic rings. The smallest absolute Gasteiger partial charge is 0.242 e. The van der Waals surface area contributed by atoms with E-state index in [4.69, 9.17) is 0 Å². The lowest BCUT2D eigenvalue weighted by atomic mass is 10.2. The van der Waals surface area contributed by atoms with E-state index in [1.807, 2.05) is 38.1 Å². The van der Waals surface area contributed by atoms with E-state index in [0.717, 1.165) is 10.2 Å². The van der Waals surface area contributed by atoms with Gasteiger partial charge in [0, 0.05) is 30.2 Å². The predicted molar refractivity (Wildman–Crippen MR) is 80.1 cm³/mol. The fourth-order valence-corrected chi connectivity index (χ4v) is 2.08. The minimum Gasteiger partial charge on any atom is -0.342 e. The van der Waals surface area contributed by atoms with E-state index in [1.54, 1.807) is 4.90 Å². The van der Waals surface area contributed by atoms with Gasteiger partial charge >= 0.3 is 0 Å². The molecule has 0 saturated carbocycles. The van der Waals surface area contributed by atoms with Crippen molar-refractivity contribution in [2.75, 3.05) is 24.5 Å². The molecule has 0 fully saturated rings. The fourth-order valence-electron chi connectivity index (χ4n) is 1.82. The second-order valence-corrected chi connectivity index (χ2v) is 5.06. The van der Waals surface area contributed by atoms with Crippen molar-refractivity contribution in [1.29, 1.82) is 0 Å². The molecule has 0 N–H and O–H groups in total. The molecule has 0 unspecified atom stereocenters. The summed E-state index contributed by atoms with van der Waals surface area (Å²) >= 11 is 3.35. The lowest BCUT2D eigenvalue weighted by molar-refractivity contribution is -0.130. The van der Waals surface area contributed by atoms with Gasteiger partial charge in [0.05, 0.1) is 0 Å². The number of halogens is 1. The summed E-state index contributed by atoms with van der Waals surface area (Å²) in [4.78, 5) is 27.0. The van der Waals surface area contributed by atoms with E-state index in [-0.39, 0.29) is 18.4 Å². The van der Waals surface area contributed by atoms with E-state index < -0.39 is 0 Å². The van der Waals surface area contributed by atoms with Crippen molar-refractivity contribution < 1.29 is 9.59 Å². The van der Waals surface area contributed by atoms with Gasteiger partial charge in [-0.3, -0.25) is 9.59 Å². The number of anilines is 1. The van der Waals surface area contributed by atoms with E-state index >= 15 is 0 Å². The molecule has 0 aromatic heterocycles. The first-order chi connectivity index (χ1) is 8.99. The standard InChI is InChI=1S/C14H19BrN2O2/c1-4-16(5-2)14(19)10-17(11(3)18)13-8-6-12(15)7-9-13/h6-9H,4-5,10H2,1-3H3. The Balaban J connectivity index is 2.87. The Hall–Kier alpha value is -1.36. The minimum absolute atomic E-state index is 0.0388. The number of amides is 2. The van der Waals surface area contributed by atoms with Crippen molar-refractivity contribution in [2.45, 2.75) is 20.8 Å². The molecule has 104 valence electrons. The Bertz CT molecular complexity index is 441. The van der Waals surface area contributed by atoms with E-state index in [2.05, 4.69) is 15.9 Å². The van der Waals surface area contributed by atoms with Gasteiger partial charge in [0.25, 0.3) is 0 Å². The second-order valence-electron chi connectivity index (χ2n) is 4.15. The zero-order valence-corrected chi connectivity index (χ0v) is 13.1. The molecule has 0 radical (unpaired) electrons. The van der Waals surface area contributed by atoms with Gasteiger partial charge < -0.3 is 9.80 Å². The Morgan fingerprint density at radius 1 is 1.11 bits per heavy atom. The van der Waals surface area contributed by atoms with Gasteiger partial charge in [-0.25, -0.2) is 0 Å². The van der Waals surface area contributed by atoms with Crippen LogP contribution in [-0.4, -0.2) is 36.3 Å². The third kappa shape index (κ3) is 4.35. The molecule has 0 aliphatic carbocycles. The number of hydrogen-bond acceptors (Lipinski definition) is 2. The quantitative estimate of drug-likeness (QED) is 0.834. The monoisotopic (exact) mass is 326 g/mol. The van der Waals surface area contributed by atoms with Crippen molar-refractivity contribution in [3.05, 3.63) is 28.7 Å². The summed E-state index contributed by atoms with van der Waals surface area (Å²) in [5.74, 6) is -0.175. The SMILES string of the molecule is CCN(CC)C(=O)CN(C(C)=O)c1ccc(Br)cc1. The largest absolute Gasteiger partial charge is 0.342 e. The van der Waals surface area contributed by atoms with Crippen molar-refractivity contribution in [3.8, 4) is 0 Å². The number of rotatable bonds is 5. The highest BCUT2D eigenvalue weighted by Crippen LogP contribution is 2.18. The van der Waals surface area contributed by atoms with E-state index in [9.17, 15) is 9.59 Å². The van der Waals surface area contributed by atoms with Crippen molar-refractivity contribution in [1.82, 2.24) is 4.90 Å². The van der Waals surface area contributed by atoms with Crippen LogP contribution in [0.15, 0.2) is 28.7 Å². The van der Waals surface area contributed by atoms with Crippen LogP contribution in [0.4, 0.5) is 5.69 Å². The van der Waals surface area contributed by atoms with Crippen LogP contribution in [-0.2, 0) is 9.59 Å². The van der Waals surface area contributed by atoms with Crippen LogP contribution in [0.5, 0.6) is 0 Å². The third-order valence-electron chi connectivity index (χ3n) is 2.93. The molecule has 0 saturated heterocycles. The molecule has 5 heteroatoms. The molecule has 0 aliphatic rings. The maximum atomic E-state index is 12.1. The highest BCUT2D eigenvalue weighted by molar-refractivity contribution is 9.10. The van der Waals surface area contributed by atoms with Crippen LogP contribution in [0.25, 0.3) is 0 Å². The van der Waals surface area contributed by atoms with Gasteiger partial charge in [-0.1, -0.05) is 15.9 Å². The zero-order valence-electron chi connectivity index (χ0n) is 11.5. The number of benzene rings is 1. The zero-order chi connectivity index (χ0) is 14.4. The van der Waals surface area contributed by atoms with Crippen molar-refractivity contribution in [3.63, 3.8) is 0 Å². The van der Waals surface area contributed by atoms with Crippen LogP contribution in [0, 0.1) is 0 Å². The summed E-state index contributed by atoms with van der Waals surface area (Å²) in [5.41, 5.74) is 0.733. The molecule has 2 amide bonds. The molecular weight excluding hydrogens is 308 g/mol. The fraction of sp³-hybridized carbons (Fsp3) is 0.429. The molecule has 0 aliphatic heterocycles. The first kappa shape index (κ1) is 15.7. The van der Waals surface area contributed by atoms with Crippen LogP contribution < -0.4 is 4.90 Å². The summed E-state index contributed by atoms with van der Waals surface area (Å²) in [7, 11) is 0. The molecule has 0 spiro atoms. The lowest BCUT2D eigenvalue weighted by Crippen LogP contribution is -2.42. The summed E-state index contributed by atoms with van der Waals surface area (Å²) in [6, 6.07) is 7.35. The molecule has 0 bridgehead atoms. The first-order valence-electron chi connectivity index (χ1n) is 6.31. The number of carbonyl (C=O) groups is 2. The number of likely N-dealkylation sites (N-methyl/N-ethyl adjacent to an activating group) is 1. The Morgan fingerprint density at radius 2 is 1.63 bits per heavy atom. The van der Waals surface area contributed by atoms with Crippen molar-refractivity contribution in [2.24, 2.45) is 0 Å². The predicted octanol–water partition coefficient (Wildman–Crippen LogP) is 2.67. The molecule has 0 atom stereocenters. The van der Waals surface area contributed by atoms with E-state index in [1.165, 1.54) is 11.8 Å². The van der Waals surface area contributed by atoms with Gasteiger partial charge in [-0.2, -0.15) is 0 Å². The third-order valence-corrected chi connectivity index (χ3v) is 3.46. The highest BCUT2D eigenvalue weighted by atomic mass is 79.9. The molecule has 4 nitrogen and oxygen atoms in total. The van der Waals surface area contributed by atoms with Crippen LogP contribution in [0.1, 0.15) is 20.8 Å². The average molecular weight is 327 g/mol. The number of hydrogen-bond donors (Lipinski definition) is 0. The van der Waals surface area contributed by atoms with Gasteiger partial charge in [-0.15, -0.1) is 0 Å². The topological polar surface area (TPSA) is 40.6 Å². The summed E-state index contributed by atoms with van der Waals surface area (Å²) < 4.78 is 0.940. The molecular formula is C14H19BrN2O2. The second kappa shape index (κ2) is 7.28. The highest BCUT2D eigenvalue weighted by Gasteiger charge is 2.18. The molecule has 19 heavy (non-hydrogen) atoms. The van der Waals surface area contributed by atoms with E-state index in [0.29, 0.717) is 13.1 Å². The van der Waals surface area contributed by atoms with Crippen LogP contribution in [0.3, 0.4) is 0 Å². The normalized spacial score (nSPS) is 10.1. The molecule has 1 aromatic carbocycles. The van der Waals surface area contributed by atoms with Crippen LogP contribution >= 0.6 is 15.9 Å². The Kier molecular flexibility index (Phi) is 6.02. The van der Waals surface area contributed by atoms with Gasteiger partial charge in [0.1, 0.15) is 6.54 Å². The molecule has 0 heterocycles. The van der Waals surface area contributed by atoms with Crippen molar-refractivity contribution >= 4 is 33.4 Å². The van der Waals surface area contributed by atoms with Crippen LogP contribution in [0.2, 0.25) is 0 Å². The maximum absolute atomic E-state index is 12.1. The lowest BCUT2D eigenvalue weighted by Gasteiger charge is -2.25. The minimum atomic E-state index is -0.136. The number of carbonyl (C=O) groups excluding carboxylic acids is 2. The maximum Gasteiger partial charge on any atom is 0.242 e. The average Bonchev–Trinajstić information content (AvgIpc) is 2.38. The summed E-state index contributed by atoms with van der Waals surface area (Å²) in [5, 5.41) is 0. The van der Waals surface area contributed by atoms with Gasteiger partial charge in [0.15, 0.2) is 0 Å². The Morgan fingerprint density at radius 3 is 2.05 bits per heavy atom. The van der Waals surface area contributed by atoms with Gasteiger partial charge in [-0.05, 0) is 38.1 Å². The summed E-state index contributed by atoms with van der Waals surface area (Å²) in [6.07, 6.45) is 0. The number of nitrogens with zero attached hydrogens (tertiary/aromatic N) is 2. The summed E-state index contributed by atoms with van der Waals surface area (Å²) in [6.45, 7) is 6.72. The molecule has 1 rings (SSSR count). The first-order valence-corrected chi connectivity index (χ1v) is 7.10. The Labute approximate surface area is 122 Å². The van der Waals surface area contributed by atoms with Gasteiger partial charge in [0.2, 0.25) is 11.8 Å².